The first-order chi connectivity index (χ1) is 9.65. The fourth-order valence-corrected chi connectivity index (χ4v) is 3.34. The van der Waals surface area contributed by atoms with Gasteiger partial charge in [-0.15, -0.1) is 0 Å². The quantitative estimate of drug-likeness (QED) is 0.674. The molecule has 1 unspecified atom stereocenters. The zero-order chi connectivity index (χ0) is 13.9. The molecule has 3 nitrogen and oxygen atoms in total. The summed E-state index contributed by atoms with van der Waals surface area (Å²) in [6.07, 6.45) is 11.8. The Labute approximate surface area is 118 Å². The zero-order valence-electron chi connectivity index (χ0n) is 11.7. The topological polar surface area (TPSA) is 32.7 Å². The van der Waals surface area contributed by atoms with Gasteiger partial charge in [0.15, 0.2) is 5.78 Å². The van der Waals surface area contributed by atoms with Crippen molar-refractivity contribution in [3.05, 3.63) is 58.6 Å². The van der Waals surface area contributed by atoms with Crippen molar-refractivity contribution in [2.24, 2.45) is 10.9 Å². The van der Waals surface area contributed by atoms with Crippen molar-refractivity contribution in [1.82, 2.24) is 4.90 Å². The van der Waals surface area contributed by atoms with Gasteiger partial charge in [-0.25, -0.2) is 0 Å². The average molecular weight is 264 g/mol. The van der Waals surface area contributed by atoms with Crippen molar-refractivity contribution < 1.29 is 4.79 Å². The summed E-state index contributed by atoms with van der Waals surface area (Å²) in [6, 6.07) is 0. The Hall–Kier alpha value is -2.16. The number of rotatable bonds is 0. The number of allylic oxidation sites excluding steroid dienone is 7. The molecule has 2 aliphatic carbocycles. The summed E-state index contributed by atoms with van der Waals surface area (Å²) < 4.78 is 0. The van der Waals surface area contributed by atoms with Crippen LogP contribution in [0.25, 0.3) is 0 Å². The van der Waals surface area contributed by atoms with Gasteiger partial charge in [-0.3, -0.25) is 9.79 Å². The highest BCUT2D eigenvalue weighted by molar-refractivity contribution is 6.12. The van der Waals surface area contributed by atoms with E-state index in [1.54, 1.807) is 6.08 Å². The molecule has 0 saturated heterocycles. The minimum atomic E-state index is -0.190. The molecule has 100 valence electrons. The second kappa shape index (κ2) is 3.92. The largest absolute Gasteiger partial charge is 0.349 e. The van der Waals surface area contributed by atoms with E-state index in [1.165, 1.54) is 16.8 Å². The molecule has 0 spiro atoms. The SMILES string of the molecule is CC1=CC2=NC3=C(CC2=CC1)N(C)C1=CC=CC(=O)C13. The third-order valence-corrected chi connectivity index (χ3v) is 4.45. The lowest BCUT2D eigenvalue weighted by atomic mass is 9.89. The van der Waals surface area contributed by atoms with Crippen molar-refractivity contribution in [2.75, 3.05) is 7.05 Å². The van der Waals surface area contributed by atoms with E-state index in [4.69, 9.17) is 4.99 Å². The van der Waals surface area contributed by atoms with Gasteiger partial charge < -0.3 is 4.90 Å². The number of aliphatic imine (C=N–C) groups is 1. The molecule has 4 rings (SSSR count). The molecule has 0 N–H and O–H groups in total. The monoisotopic (exact) mass is 264 g/mol. The number of carbonyl (C=O) groups excluding carboxylic acids is 1. The molecule has 3 heteroatoms. The lowest BCUT2D eigenvalue weighted by molar-refractivity contribution is -0.116. The van der Waals surface area contributed by atoms with Crippen molar-refractivity contribution in [3.63, 3.8) is 0 Å². The Morgan fingerprint density at radius 3 is 3.10 bits per heavy atom. The minimum absolute atomic E-state index is 0.146. The van der Waals surface area contributed by atoms with Crippen LogP contribution >= 0.6 is 0 Å². The predicted molar refractivity (Wildman–Crippen MR) is 79.0 cm³/mol. The molecule has 4 aliphatic rings. The van der Waals surface area contributed by atoms with Gasteiger partial charge in [-0.1, -0.05) is 17.7 Å². The second-order valence-corrected chi connectivity index (χ2v) is 5.77. The molecule has 0 bridgehead atoms. The van der Waals surface area contributed by atoms with Gasteiger partial charge in [-0.2, -0.15) is 0 Å². The molecule has 1 atom stereocenters. The number of hydrogen-bond donors (Lipinski definition) is 0. The van der Waals surface area contributed by atoms with Crippen LogP contribution in [0.5, 0.6) is 0 Å². The van der Waals surface area contributed by atoms with Crippen molar-refractivity contribution in [1.29, 1.82) is 0 Å². The van der Waals surface area contributed by atoms with Gasteiger partial charge in [0.25, 0.3) is 0 Å². The predicted octanol–water partition coefficient (Wildman–Crippen LogP) is 2.90. The number of ketones is 1. The smallest absolute Gasteiger partial charge is 0.170 e. The summed E-state index contributed by atoms with van der Waals surface area (Å²) >= 11 is 0. The van der Waals surface area contributed by atoms with Crippen LogP contribution in [0.1, 0.15) is 19.8 Å². The van der Waals surface area contributed by atoms with Crippen molar-refractivity contribution in [2.45, 2.75) is 19.8 Å². The van der Waals surface area contributed by atoms with E-state index < -0.39 is 0 Å². The number of carbonyl (C=O) groups is 1. The second-order valence-electron chi connectivity index (χ2n) is 5.77. The van der Waals surface area contributed by atoms with Crippen molar-refractivity contribution >= 4 is 11.5 Å². The third-order valence-electron chi connectivity index (χ3n) is 4.45. The summed E-state index contributed by atoms with van der Waals surface area (Å²) in [5, 5.41) is 0. The number of fused-ring (bicyclic) bond motifs is 3. The van der Waals surface area contributed by atoms with E-state index in [2.05, 4.69) is 24.0 Å². The van der Waals surface area contributed by atoms with E-state index >= 15 is 0 Å². The molecular formula is C17H16N2O. The lowest BCUT2D eigenvalue weighted by Crippen LogP contribution is -2.20. The van der Waals surface area contributed by atoms with Gasteiger partial charge in [0, 0.05) is 24.9 Å². The molecule has 0 aromatic heterocycles. The molecular weight excluding hydrogens is 248 g/mol. The highest BCUT2D eigenvalue weighted by atomic mass is 16.1. The molecule has 0 fully saturated rings. The van der Waals surface area contributed by atoms with Crippen LogP contribution in [0.2, 0.25) is 0 Å². The summed E-state index contributed by atoms with van der Waals surface area (Å²) in [5.41, 5.74) is 6.86. The molecule has 0 radical (unpaired) electrons. The van der Waals surface area contributed by atoms with Gasteiger partial charge in [0.2, 0.25) is 0 Å². The summed E-state index contributed by atoms with van der Waals surface area (Å²) in [4.78, 5) is 19.2. The van der Waals surface area contributed by atoms with Gasteiger partial charge >= 0.3 is 0 Å². The number of hydrogen-bond acceptors (Lipinski definition) is 3. The molecule has 0 aromatic carbocycles. The first kappa shape index (κ1) is 11.6. The molecule has 0 amide bonds. The summed E-state index contributed by atoms with van der Waals surface area (Å²) in [6.45, 7) is 2.13. The Balaban J connectivity index is 1.85. The Morgan fingerprint density at radius 1 is 1.40 bits per heavy atom. The van der Waals surface area contributed by atoms with Crippen LogP contribution in [-0.2, 0) is 4.79 Å². The maximum Gasteiger partial charge on any atom is 0.170 e. The Kier molecular flexibility index (Phi) is 2.28. The standard InChI is InChI=1S/C17H16N2O/c1-10-6-7-11-9-14-17(18-12(11)8-10)16-13(19(14)2)4-3-5-15(16)20/h3-5,7-8,16H,6,9H2,1-2H3. The molecule has 0 saturated carbocycles. The first-order valence-electron chi connectivity index (χ1n) is 6.99. The molecule has 0 aromatic rings. The summed E-state index contributed by atoms with van der Waals surface area (Å²) in [7, 11) is 2.04. The van der Waals surface area contributed by atoms with E-state index in [-0.39, 0.29) is 11.7 Å². The molecule has 2 heterocycles. The highest BCUT2D eigenvalue weighted by Crippen LogP contribution is 2.44. The summed E-state index contributed by atoms with van der Waals surface area (Å²) in [5.74, 6) is -0.0441. The maximum absolute atomic E-state index is 12.2. The average Bonchev–Trinajstić information content (AvgIpc) is 2.71. The zero-order valence-corrected chi connectivity index (χ0v) is 11.7. The lowest BCUT2D eigenvalue weighted by Gasteiger charge is -2.23. The van der Waals surface area contributed by atoms with E-state index in [0.717, 1.165) is 29.9 Å². The van der Waals surface area contributed by atoms with Gasteiger partial charge in [0.1, 0.15) is 5.92 Å². The van der Waals surface area contributed by atoms with Crippen molar-refractivity contribution in [3.8, 4) is 0 Å². The molecule has 20 heavy (non-hydrogen) atoms. The van der Waals surface area contributed by atoms with Crippen LogP contribution in [-0.4, -0.2) is 23.4 Å². The Morgan fingerprint density at radius 2 is 2.25 bits per heavy atom. The first-order valence-corrected chi connectivity index (χ1v) is 6.99. The van der Waals surface area contributed by atoms with E-state index in [0.29, 0.717) is 0 Å². The molecule has 2 aliphatic heterocycles. The normalized spacial score (nSPS) is 27.4. The van der Waals surface area contributed by atoms with Gasteiger partial charge in [-0.05, 0) is 37.1 Å². The van der Waals surface area contributed by atoms with E-state index in [9.17, 15) is 4.79 Å². The Bertz CT molecular complexity index is 713. The third kappa shape index (κ3) is 1.46. The minimum Gasteiger partial charge on any atom is -0.349 e. The fourth-order valence-electron chi connectivity index (χ4n) is 3.34. The van der Waals surface area contributed by atoms with Crippen LogP contribution < -0.4 is 0 Å². The number of nitrogens with zero attached hydrogens (tertiary/aromatic N) is 2. The fraction of sp³-hybridized carbons (Fsp3) is 0.294. The van der Waals surface area contributed by atoms with Crippen LogP contribution in [0.4, 0.5) is 0 Å². The van der Waals surface area contributed by atoms with Crippen LogP contribution in [0.15, 0.2) is 63.6 Å². The highest BCUT2D eigenvalue weighted by Gasteiger charge is 2.41. The van der Waals surface area contributed by atoms with E-state index in [1.807, 2.05) is 19.2 Å². The maximum atomic E-state index is 12.2. The van der Waals surface area contributed by atoms with Crippen LogP contribution in [0, 0.1) is 5.92 Å². The van der Waals surface area contributed by atoms with Gasteiger partial charge in [0.05, 0.1) is 11.4 Å². The van der Waals surface area contributed by atoms with Crippen LogP contribution in [0.3, 0.4) is 0 Å².